The van der Waals surface area contributed by atoms with Crippen molar-refractivity contribution in [1.29, 1.82) is 0 Å². The zero-order valence-electron chi connectivity index (χ0n) is 11.1. The summed E-state index contributed by atoms with van der Waals surface area (Å²) in [5, 5.41) is -0.738. The molecule has 3 atom stereocenters. The van der Waals surface area contributed by atoms with Crippen LogP contribution < -0.4 is 0 Å². The maximum absolute atomic E-state index is 14.1. The summed E-state index contributed by atoms with van der Waals surface area (Å²) < 4.78 is 27.6. The second-order valence-corrected chi connectivity index (χ2v) is 6.17. The van der Waals surface area contributed by atoms with E-state index in [2.05, 4.69) is 4.98 Å². The van der Waals surface area contributed by atoms with Gasteiger partial charge in [0.25, 0.3) is 0 Å². The van der Waals surface area contributed by atoms with Crippen molar-refractivity contribution >= 4 is 23.2 Å². The van der Waals surface area contributed by atoms with Crippen molar-refractivity contribution in [1.82, 2.24) is 4.98 Å². The number of benzene rings is 1. The fourth-order valence-corrected chi connectivity index (χ4v) is 3.63. The van der Waals surface area contributed by atoms with E-state index >= 15 is 0 Å². The molecule has 0 radical (unpaired) electrons. The molecule has 2 aromatic rings. The zero-order chi connectivity index (χ0) is 15.0. The summed E-state index contributed by atoms with van der Waals surface area (Å²) in [6.45, 7) is 0. The van der Waals surface area contributed by atoms with Crippen molar-refractivity contribution in [2.24, 2.45) is 0 Å². The molecule has 1 nitrogen and oxygen atoms in total. The highest BCUT2D eigenvalue weighted by molar-refractivity contribution is 6.23. The standard InChI is InChI=1S/C16H13Cl2F2N/c17-12-7-6-9(10-3-1-5-13(19)15(10)20)14(18)11-4-2-8-21-16(11)12/h1-5,8-9,12,14H,6-7H2/t9-,12-,14+/m0/s1. The van der Waals surface area contributed by atoms with Crippen molar-refractivity contribution in [2.45, 2.75) is 29.5 Å². The Bertz CT molecular complexity index is 662. The average Bonchev–Trinajstić information content (AvgIpc) is 2.62. The van der Waals surface area contributed by atoms with Gasteiger partial charge in [-0.25, -0.2) is 8.78 Å². The number of halogens is 4. The van der Waals surface area contributed by atoms with Crippen LogP contribution in [0.2, 0.25) is 0 Å². The second kappa shape index (κ2) is 5.90. The van der Waals surface area contributed by atoms with Gasteiger partial charge in [0, 0.05) is 12.1 Å². The van der Waals surface area contributed by atoms with E-state index in [0.717, 1.165) is 17.3 Å². The van der Waals surface area contributed by atoms with Crippen LogP contribution in [0.15, 0.2) is 36.5 Å². The van der Waals surface area contributed by atoms with Crippen LogP contribution in [0.1, 0.15) is 46.3 Å². The van der Waals surface area contributed by atoms with Gasteiger partial charge >= 0.3 is 0 Å². The van der Waals surface area contributed by atoms with Crippen LogP contribution in [-0.4, -0.2) is 4.98 Å². The SMILES string of the molecule is Fc1cccc([C@@H]2CC[C@H](Cl)c3ncccc3[C@@H]2Cl)c1F. The first-order valence-electron chi connectivity index (χ1n) is 6.76. The number of alkyl halides is 2. The van der Waals surface area contributed by atoms with Crippen LogP contribution in [0.5, 0.6) is 0 Å². The first kappa shape index (κ1) is 14.7. The lowest BCUT2D eigenvalue weighted by Gasteiger charge is -2.21. The van der Waals surface area contributed by atoms with Crippen LogP contribution >= 0.6 is 23.2 Å². The highest BCUT2D eigenvalue weighted by atomic mass is 35.5. The van der Waals surface area contributed by atoms with Gasteiger partial charge in [-0.3, -0.25) is 4.98 Å². The quantitative estimate of drug-likeness (QED) is 0.498. The lowest BCUT2D eigenvalue weighted by Crippen LogP contribution is -2.09. The third kappa shape index (κ3) is 2.65. The third-order valence-electron chi connectivity index (χ3n) is 3.93. The molecule has 0 spiro atoms. The molecule has 0 unspecified atom stereocenters. The number of hydrogen-bond acceptors (Lipinski definition) is 1. The summed E-state index contributed by atoms with van der Waals surface area (Å²) >= 11 is 12.9. The summed E-state index contributed by atoms with van der Waals surface area (Å²) in [4.78, 5) is 4.29. The number of rotatable bonds is 1. The molecule has 0 amide bonds. The van der Waals surface area contributed by atoms with E-state index in [1.54, 1.807) is 18.3 Å². The van der Waals surface area contributed by atoms with Crippen molar-refractivity contribution in [2.75, 3.05) is 0 Å². The van der Waals surface area contributed by atoms with Crippen LogP contribution in [0, 0.1) is 11.6 Å². The average molecular weight is 328 g/mol. The number of nitrogens with zero attached hydrogens (tertiary/aromatic N) is 1. The van der Waals surface area contributed by atoms with Gasteiger partial charge in [0.15, 0.2) is 11.6 Å². The molecule has 0 aliphatic heterocycles. The van der Waals surface area contributed by atoms with Gasteiger partial charge in [-0.15, -0.1) is 23.2 Å². The Morgan fingerprint density at radius 1 is 1.00 bits per heavy atom. The molecule has 0 saturated carbocycles. The predicted molar refractivity (Wildman–Crippen MR) is 79.8 cm³/mol. The molecule has 5 heteroatoms. The third-order valence-corrected chi connectivity index (χ3v) is 4.89. The van der Waals surface area contributed by atoms with E-state index in [1.807, 2.05) is 6.07 Å². The van der Waals surface area contributed by atoms with E-state index in [9.17, 15) is 8.78 Å². The van der Waals surface area contributed by atoms with E-state index in [4.69, 9.17) is 23.2 Å². The molecule has 1 aromatic heterocycles. The van der Waals surface area contributed by atoms with Gasteiger partial charge < -0.3 is 0 Å². The first-order valence-corrected chi connectivity index (χ1v) is 7.63. The minimum absolute atomic E-state index is 0.260. The zero-order valence-corrected chi connectivity index (χ0v) is 12.6. The smallest absolute Gasteiger partial charge is 0.162 e. The number of pyridine rings is 1. The normalized spacial score (nSPS) is 25.2. The number of aromatic nitrogens is 1. The van der Waals surface area contributed by atoms with E-state index in [-0.39, 0.29) is 11.3 Å². The Morgan fingerprint density at radius 2 is 1.76 bits per heavy atom. The summed E-state index contributed by atoms with van der Waals surface area (Å²) in [5.74, 6) is -2.00. The maximum Gasteiger partial charge on any atom is 0.162 e. The van der Waals surface area contributed by atoms with E-state index in [1.165, 1.54) is 6.07 Å². The summed E-state index contributed by atoms with van der Waals surface area (Å²) in [6, 6.07) is 7.83. The summed E-state index contributed by atoms with van der Waals surface area (Å²) in [5.41, 5.74) is 1.83. The molecular weight excluding hydrogens is 315 g/mol. The predicted octanol–water partition coefficient (Wildman–Crippen LogP) is 5.50. The van der Waals surface area contributed by atoms with Crippen molar-refractivity contribution in [3.8, 4) is 0 Å². The van der Waals surface area contributed by atoms with E-state index in [0.29, 0.717) is 18.4 Å². The molecule has 0 bridgehead atoms. The van der Waals surface area contributed by atoms with Crippen molar-refractivity contribution in [3.05, 3.63) is 65.0 Å². The van der Waals surface area contributed by atoms with Gasteiger partial charge in [-0.05, 0) is 36.1 Å². The van der Waals surface area contributed by atoms with Crippen LogP contribution in [0.25, 0.3) is 0 Å². The fourth-order valence-electron chi connectivity index (χ4n) is 2.87. The van der Waals surface area contributed by atoms with Gasteiger partial charge in [-0.2, -0.15) is 0 Å². The van der Waals surface area contributed by atoms with Crippen LogP contribution in [0.4, 0.5) is 8.78 Å². The number of hydrogen-bond donors (Lipinski definition) is 0. The first-order chi connectivity index (χ1) is 10.1. The Morgan fingerprint density at radius 3 is 2.57 bits per heavy atom. The summed E-state index contributed by atoms with van der Waals surface area (Å²) in [7, 11) is 0. The van der Waals surface area contributed by atoms with Gasteiger partial charge in [0.1, 0.15) is 0 Å². The minimum atomic E-state index is -0.852. The van der Waals surface area contributed by atoms with Crippen molar-refractivity contribution < 1.29 is 8.78 Å². The molecular formula is C16H13Cl2F2N. The topological polar surface area (TPSA) is 12.9 Å². The maximum atomic E-state index is 14.1. The molecule has 1 heterocycles. The molecule has 21 heavy (non-hydrogen) atoms. The largest absolute Gasteiger partial charge is 0.259 e. The number of fused-ring (bicyclic) bond motifs is 1. The van der Waals surface area contributed by atoms with Gasteiger partial charge in [0.05, 0.1) is 16.4 Å². The van der Waals surface area contributed by atoms with Gasteiger partial charge in [-0.1, -0.05) is 18.2 Å². The molecule has 3 rings (SSSR count). The van der Waals surface area contributed by atoms with Crippen molar-refractivity contribution in [3.63, 3.8) is 0 Å². The lowest BCUT2D eigenvalue weighted by atomic mass is 9.89. The van der Waals surface area contributed by atoms with E-state index < -0.39 is 17.0 Å². The molecule has 110 valence electrons. The molecule has 1 aliphatic carbocycles. The molecule has 1 aromatic carbocycles. The second-order valence-electron chi connectivity index (χ2n) is 5.17. The van der Waals surface area contributed by atoms with Gasteiger partial charge in [0.2, 0.25) is 0 Å². The molecule has 0 N–H and O–H groups in total. The highest BCUT2D eigenvalue weighted by Gasteiger charge is 2.33. The Kier molecular flexibility index (Phi) is 4.14. The lowest BCUT2D eigenvalue weighted by molar-refractivity contribution is 0.476. The highest BCUT2D eigenvalue weighted by Crippen LogP contribution is 2.47. The Balaban J connectivity index is 2.07. The Labute approximate surface area is 131 Å². The van der Waals surface area contributed by atoms with Crippen LogP contribution in [-0.2, 0) is 0 Å². The minimum Gasteiger partial charge on any atom is -0.259 e. The monoisotopic (exact) mass is 327 g/mol. The molecule has 0 saturated heterocycles. The fraction of sp³-hybridized carbons (Fsp3) is 0.312. The summed E-state index contributed by atoms with van der Waals surface area (Å²) in [6.07, 6.45) is 2.87. The molecule has 1 aliphatic rings. The molecule has 0 fully saturated rings. The Hall–Kier alpha value is -1.19. The van der Waals surface area contributed by atoms with Crippen LogP contribution in [0.3, 0.4) is 0 Å².